The van der Waals surface area contributed by atoms with E-state index in [1.165, 1.54) is 30.4 Å². The van der Waals surface area contributed by atoms with Gasteiger partial charge in [-0.15, -0.1) is 0 Å². The molecule has 4 nitrogen and oxygen atoms in total. The Morgan fingerprint density at radius 2 is 1.96 bits per heavy atom. The second-order valence-electron chi connectivity index (χ2n) is 7.89. The molecule has 3 rings (SSSR count). The summed E-state index contributed by atoms with van der Waals surface area (Å²) in [6.45, 7) is 8.53. The smallest absolute Gasteiger partial charge is 0.227 e. The van der Waals surface area contributed by atoms with Gasteiger partial charge in [0.2, 0.25) is 5.91 Å². The first-order valence-electron chi connectivity index (χ1n) is 9.70. The summed E-state index contributed by atoms with van der Waals surface area (Å²) in [5.74, 6) is 0.535. The van der Waals surface area contributed by atoms with E-state index in [0.717, 1.165) is 29.9 Å². The van der Waals surface area contributed by atoms with Crippen LogP contribution in [0.5, 0.6) is 0 Å². The predicted octanol–water partition coefficient (Wildman–Crippen LogP) is 4.72. The molecule has 0 saturated heterocycles. The maximum absolute atomic E-state index is 12.8. The third-order valence-corrected chi connectivity index (χ3v) is 5.96. The van der Waals surface area contributed by atoms with Gasteiger partial charge in [0.05, 0.1) is 11.6 Å². The molecule has 1 amide bonds. The molecule has 0 aliphatic heterocycles. The minimum absolute atomic E-state index is 0.0528. The van der Waals surface area contributed by atoms with Crippen LogP contribution in [0.4, 0.5) is 0 Å². The van der Waals surface area contributed by atoms with Crippen LogP contribution in [0.15, 0.2) is 28.8 Å². The molecule has 1 fully saturated rings. The van der Waals surface area contributed by atoms with Gasteiger partial charge in [-0.25, -0.2) is 0 Å². The molecular formula is C22H30N2O2. The fraction of sp³-hybridized carbons (Fsp3) is 0.545. The van der Waals surface area contributed by atoms with Gasteiger partial charge in [-0.05, 0) is 46.1 Å². The van der Waals surface area contributed by atoms with Crippen molar-refractivity contribution in [1.29, 1.82) is 0 Å². The molecule has 26 heavy (non-hydrogen) atoms. The van der Waals surface area contributed by atoms with Crippen molar-refractivity contribution in [1.82, 2.24) is 10.5 Å². The highest BCUT2D eigenvalue weighted by Gasteiger charge is 2.35. The lowest BCUT2D eigenvalue weighted by molar-refractivity contribution is -0.122. The standard InChI is InChI=1S/C22H30N2O2/c1-15-9-8-10-19(13-15)22(11-6-5-7-12-22)14-23-21(25)16(2)20-17(3)24-26-18(20)4/h8-10,13,16H,5-7,11-12,14H2,1-4H3,(H,23,25). The monoisotopic (exact) mass is 354 g/mol. The SMILES string of the molecule is Cc1cccc(C2(CNC(=O)C(C)c3c(C)noc3C)CCCCC2)c1. The largest absolute Gasteiger partial charge is 0.361 e. The Balaban J connectivity index is 1.77. The predicted molar refractivity (Wildman–Crippen MR) is 103 cm³/mol. The minimum Gasteiger partial charge on any atom is -0.361 e. The van der Waals surface area contributed by atoms with Crippen molar-refractivity contribution in [3.63, 3.8) is 0 Å². The Morgan fingerprint density at radius 1 is 1.23 bits per heavy atom. The molecule has 1 aromatic carbocycles. The van der Waals surface area contributed by atoms with Crippen LogP contribution in [0.1, 0.15) is 73.1 Å². The van der Waals surface area contributed by atoms with Crippen molar-refractivity contribution in [2.45, 2.75) is 71.1 Å². The zero-order chi connectivity index (χ0) is 18.7. The van der Waals surface area contributed by atoms with Crippen LogP contribution in [0.2, 0.25) is 0 Å². The number of aryl methyl sites for hydroxylation is 3. The summed E-state index contributed by atoms with van der Waals surface area (Å²) >= 11 is 0. The summed E-state index contributed by atoms with van der Waals surface area (Å²) in [6.07, 6.45) is 6.01. The van der Waals surface area contributed by atoms with Crippen molar-refractivity contribution in [3.8, 4) is 0 Å². The van der Waals surface area contributed by atoms with Crippen LogP contribution in [0.25, 0.3) is 0 Å². The van der Waals surface area contributed by atoms with Gasteiger partial charge in [0, 0.05) is 17.5 Å². The zero-order valence-corrected chi connectivity index (χ0v) is 16.4. The highest BCUT2D eigenvalue weighted by Crippen LogP contribution is 2.39. The molecule has 1 aromatic heterocycles. The van der Waals surface area contributed by atoms with Gasteiger partial charge in [0.15, 0.2) is 0 Å². The first-order valence-corrected chi connectivity index (χ1v) is 9.70. The molecule has 4 heteroatoms. The molecule has 1 aliphatic carbocycles. The Kier molecular flexibility index (Phi) is 5.49. The number of carbonyl (C=O) groups excluding carboxylic acids is 1. The van der Waals surface area contributed by atoms with Gasteiger partial charge in [-0.1, -0.05) is 54.2 Å². The molecule has 1 aliphatic rings. The third-order valence-electron chi connectivity index (χ3n) is 5.96. The highest BCUT2D eigenvalue weighted by molar-refractivity contribution is 5.83. The number of carbonyl (C=O) groups is 1. The molecule has 0 spiro atoms. The number of hydrogen-bond acceptors (Lipinski definition) is 3. The van der Waals surface area contributed by atoms with E-state index in [9.17, 15) is 4.79 Å². The molecule has 0 bridgehead atoms. The number of hydrogen-bond donors (Lipinski definition) is 1. The fourth-order valence-corrected chi connectivity index (χ4v) is 4.42. The van der Waals surface area contributed by atoms with Crippen molar-refractivity contribution >= 4 is 5.91 Å². The second kappa shape index (κ2) is 7.65. The highest BCUT2D eigenvalue weighted by atomic mass is 16.5. The van der Waals surface area contributed by atoms with E-state index in [2.05, 4.69) is 41.7 Å². The molecule has 0 radical (unpaired) electrons. The number of nitrogens with one attached hydrogen (secondary N) is 1. The van der Waals surface area contributed by atoms with E-state index in [1.807, 2.05) is 20.8 Å². The van der Waals surface area contributed by atoms with Gasteiger partial charge in [0.1, 0.15) is 5.76 Å². The second-order valence-corrected chi connectivity index (χ2v) is 7.89. The summed E-state index contributed by atoms with van der Waals surface area (Å²) in [5, 5.41) is 7.23. The molecular weight excluding hydrogens is 324 g/mol. The Hall–Kier alpha value is -2.10. The van der Waals surface area contributed by atoms with E-state index < -0.39 is 0 Å². The van der Waals surface area contributed by atoms with Gasteiger partial charge < -0.3 is 9.84 Å². The topological polar surface area (TPSA) is 55.1 Å². The lowest BCUT2D eigenvalue weighted by Crippen LogP contribution is -2.43. The first kappa shape index (κ1) is 18.7. The normalized spacial score (nSPS) is 17.7. The van der Waals surface area contributed by atoms with Crippen molar-refractivity contribution in [3.05, 3.63) is 52.4 Å². The fourth-order valence-electron chi connectivity index (χ4n) is 4.42. The number of amides is 1. The van der Waals surface area contributed by atoms with Gasteiger partial charge in [-0.2, -0.15) is 0 Å². The van der Waals surface area contributed by atoms with Crippen molar-refractivity contribution in [2.75, 3.05) is 6.54 Å². The quantitative estimate of drug-likeness (QED) is 0.845. The first-order chi connectivity index (χ1) is 12.4. The summed E-state index contributed by atoms with van der Waals surface area (Å²) in [6, 6.07) is 8.78. The average Bonchev–Trinajstić information content (AvgIpc) is 2.98. The van der Waals surface area contributed by atoms with Crippen molar-refractivity contribution in [2.24, 2.45) is 0 Å². The zero-order valence-electron chi connectivity index (χ0n) is 16.4. The van der Waals surface area contributed by atoms with E-state index in [0.29, 0.717) is 6.54 Å². The Bertz CT molecular complexity index is 753. The lowest BCUT2D eigenvalue weighted by atomic mass is 9.69. The number of nitrogens with zero attached hydrogens (tertiary/aromatic N) is 1. The average molecular weight is 354 g/mol. The van der Waals surface area contributed by atoms with Crippen molar-refractivity contribution < 1.29 is 9.32 Å². The summed E-state index contributed by atoms with van der Waals surface area (Å²) in [4.78, 5) is 12.8. The Labute approximate surface area is 156 Å². The number of benzene rings is 1. The van der Waals surface area contributed by atoms with Gasteiger partial charge in [0.25, 0.3) is 0 Å². The summed E-state index contributed by atoms with van der Waals surface area (Å²) < 4.78 is 5.23. The van der Waals surface area contributed by atoms with Crippen LogP contribution >= 0.6 is 0 Å². The lowest BCUT2D eigenvalue weighted by Gasteiger charge is -2.38. The summed E-state index contributed by atoms with van der Waals surface area (Å²) in [5.41, 5.74) is 4.41. The molecule has 1 heterocycles. The molecule has 1 unspecified atom stereocenters. The van der Waals surface area contributed by atoms with E-state index in [1.54, 1.807) is 0 Å². The maximum atomic E-state index is 12.8. The van der Waals surface area contributed by atoms with Crippen LogP contribution in [0, 0.1) is 20.8 Å². The third kappa shape index (κ3) is 3.69. The molecule has 1 N–H and O–H groups in total. The van der Waals surface area contributed by atoms with E-state index in [4.69, 9.17) is 4.52 Å². The van der Waals surface area contributed by atoms with E-state index >= 15 is 0 Å². The van der Waals surface area contributed by atoms with Crippen LogP contribution in [-0.2, 0) is 10.2 Å². The maximum Gasteiger partial charge on any atom is 0.227 e. The number of rotatable bonds is 5. The van der Waals surface area contributed by atoms with Crippen LogP contribution in [0.3, 0.4) is 0 Å². The molecule has 140 valence electrons. The van der Waals surface area contributed by atoms with Crippen LogP contribution in [-0.4, -0.2) is 17.6 Å². The molecule has 1 atom stereocenters. The molecule has 1 saturated carbocycles. The molecule has 2 aromatic rings. The van der Waals surface area contributed by atoms with Crippen LogP contribution < -0.4 is 5.32 Å². The van der Waals surface area contributed by atoms with Gasteiger partial charge in [-0.3, -0.25) is 4.79 Å². The van der Waals surface area contributed by atoms with Gasteiger partial charge >= 0.3 is 0 Å². The minimum atomic E-state index is -0.251. The number of aromatic nitrogens is 1. The van der Waals surface area contributed by atoms with E-state index in [-0.39, 0.29) is 17.2 Å². The summed E-state index contributed by atoms with van der Waals surface area (Å²) in [7, 11) is 0. The Morgan fingerprint density at radius 3 is 2.58 bits per heavy atom.